The fraction of sp³-hybridized carbons (Fsp3) is 0.250. The molecule has 0 unspecified atom stereocenters. The van der Waals surface area contributed by atoms with Crippen LogP contribution in [0.4, 0.5) is 0 Å². The monoisotopic (exact) mass is 217 g/mol. The van der Waals surface area contributed by atoms with Gasteiger partial charge in [0, 0.05) is 10.4 Å². The lowest BCUT2D eigenvalue weighted by Gasteiger charge is -1.95. The third kappa shape index (κ3) is 2.31. The average molecular weight is 219 g/mol. The van der Waals surface area contributed by atoms with Crippen molar-refractivity contribution in [3.8, 4) is 0 Å². The van der Waals surface area contributed by atoms with E-state index in [1.165, 1.54) is 5.56 Å². The summed E-state index contributed by atoms with van der Waals surface area (Å²) in [5.74, 6) is 0.677. The molecule has 0 bridgehead atoms. The number of benzene rings is 1. The van der Waals surface area contributed by atoms with Crippen LogP contribution in [0.15, 0.2) is 22.7 Å². The van der Waals surface area contributed by atoms with Crippen LogP contribution in [0.25, 0.3) is 0 Å². The molecular weight excluding hydrogens is 211 g/mol. The minimum Gasteiger partial charge on any atom is -0.126 e. The fourth-order valence-corrected chi connectivity index (χ4v) is 1.39. The second-order valence-corrected chi connectivity index (χ2v) is 3.22. The molecule has 0 heterocycles. The Labute approximate surface area is 74.3 Å². The minimum atomic E-state index is 0.677. The summed E-state index contributed by atoms with van der Waals surface area (Å²) in [4.78, 5) is 0. The van der Waals surface area contributed by atoms with Crippen molar-refractivity contribution in [1.82, 2.24) is 0 Å². The highest BCUT2D eigenvalue weighted by Gasteiger charge is 1.91. The Morgan fingerprint density at radius 3 is 3.00 bits per heavy atom. The van der Waals surface area contributed by atoms with Gasteiger partial charge in [0.25, 0.3) is 0 Å². The summed E-state index contributed by atoms with van der Waals surface area (Å²) in [5, 5.41) is 0. The summed E-state index contributed by atoms with van der Waals surface area (Å²) in [5.41, 5.74) is 1.25. The zero-order valence-corrected chi connectivity index (χ0v) is 7.74. The van der Waals surface area contributed by atoms with Crippen molar-refractivity contribution in [3.63, 3.8) is 0 Å². The Bertz CT molecular complexity index is 210. The standard InChI is InChI=1S/C8H7BrCl/c9-8-3-1-2-7(6-8)4-5-10/h1-2,6H,4-5H2. The van der Waals surface area contributed by atoms with Gasteiger partial charge in [0.15, 0.2) is 0 Å². The van der Waals surface area contributed by atoms with Gasteiger partial charge in [0.05, 0.1) is 0 Å². The lowest BCUT2D eigenvalue weighted by molar-refractivity contribution is 1.15. The highest BCUT2D eigenvalue weighted by atomic mass is 79.9. The van der Waals surface area contributed by atoms with Gasteiger partial charge in [-0.3, -0.25) is 0 Å². The molecule has 0 aliphatic carbocycles. The van der Waals surface area contributed by atoms with Crippen LogP contribution in [0.5, 0.6) is 0 Å². The second-order valence-electron chi connectivity index (χ2n) is 1.98. The van der Waals surface area contributed by atoms with E-state index in [2.05, 4.69) is 22.0 Å². The van der Waals surface area contributed by atoms with Crippen molar-refractivity contribution in [3.05, 3.63) is 34.3 Å². The maximum Gasteiger partial charge on any atom is 0.0263 e. The summed E-state index contributed by atoms with van der Waals surface area (Å²) >= 11 is 8.90. The van der Waals surface area contributed by atoms with E-state index in [-0.39, 0.29) is 0 Å². The molecule has 2 heteroatoms. The average Bonchev–Trinajstić information content (AvgIpc) is 1.88. The third-order valence-electron chi connectivity index (χ3n) is 1.21. The van der Waals surface area contributed by atoms with E-state index in [1.807, 2.05) is 18.2 Å². The topological polar surface area (TPSA) is 0 Å². The van der Waals surface area contributed by atoms with Crippen LogP contribution in [-0.2, 0) is 6.42 Å². The number of hydrogen-bond donors (Lipinski definition) is 0. The van der Waals surface area contributed by atoms with Gasteiger partial charge in [-0.25, -0.2) is 0 Å². The Kier molecular flexibility index (Phi) is 3.23. The maximum atomic E-state index is 5.56. The van der Waals surface area contributed by atoms with E-state index in [9.17, 15) is 0 Å². The van der Waals surface area contributed by atoms with E-state index < -0.39 is 0 Å². The van der Waals surface area contributed by atoms with Crippen LogP contribution in [0.2, 0.25) is 0 Å². The van der Waals surface area contributed by atoms with Gasteiger partial charge in [-0.05, 0) is 24.1 Å². The second kappa shape index (κ2) is 3.99. The molecule has 0 saturated heterocycles. The van der Waals surface area contributed by atoms with E-state index in [4.69, 9.17) is 11.6 Å². The largest absolute Gasteiger partial charge is 0.126 e. The number of aryl methyl sites for hydroxylation is 1. The summed E-state index contributed by atoms with van der Waals surface area (Å²) in [6.45, 7) is 0. The molecule has 1 aromatic rings. The van der Waals surface area contributed by atoms with Gasteiger partial charge in [0.1, 0.15) is 0 Å². The summed E-state index contributed by atoms with van der Waals surface area (Å²) in [6, 6.07) is 8.95. The molecule has 1 aromatic carbocycles. The molecule has 0 amide bonds. The first kappa shape index (κ1) is 8.09. The van der Waals surface area contributed by atoms with Gasteiger partial charge in [-0.15, -0.1) is 11.6 Å². The Morgan fingerprint density at radius 1 is 1.60 bits per heavy atom. The number of hydrogen-bond acceptors (Lipinski definition) is 0. The van der Waals surface area contributed by atoms with E-state index in [1.54, 1.807) is 0 Å². The smallest absolute Gasteiger partial charge is 0.0263 e. The molecule has 1 rings (SSSR count). The Morgan fingerprint density at radius 2 is 2.40 bits per heavy atom. The zero-order chi connectivity index (χ0) is 7.40. The highest BCUT2D eigenvalue weighted by Crippen LogP contribution is 2.11. The lowest BCUT2D eigenvalue weighted by atomic mass is 10.2. The van der Waals surface area contributed by atoms with Gasteiger partial charge in [-0.2, -0.15) is 0 Å². The molecular formula is C8H7BrCl. The number of rotatable bonds is 2. The summed E-state index contributed by atoms with van der Waals surface area (Å²) < 4.78 is 0.995. The van der Waals surface area contributed by atoms with E-state index in [0.29, 0.717) is 5.88 Å². The Hall–Kier alpha value is -0.0100. The maximum absolute atomic E-state index is 5.56. The first-order chi connectivity index (χ1) is 4.83. The SMILES string of the molecule is ClCCc1cc[c]c(Br)c1. The van der Waals surface area contributed by atoms with Crippen LogP contribution in [-0.4, -0.2) is 5.88 Å². The normalized spacial score (nSPS) is 9.80. The Balaban J connectivity index is 2.75. The van der Waals surface area contributed by atoms with Crippen molar-refractivity contribution in [2.24, 2.45) is 0 Å². The fourth-order valence-electron chi connectivity index (χ4n) is 0.745. The van der Waals surface area contributed by atoms with Crippen LogP contribution in [0.1, 0.15) is 5.56 Å². The molecule has 10 heavy (non-hydrogen) atoms. The summed E-state index contributed by atoms with van der Waals surface area (Å²) in [6.07, 6.45) is 0.925. The van der Waals surface area contributed by atoms with E-state index in [0.717, 1.165) is 10.9 Å². The molecule has 1 radical (unpaired) electrons. The van der Waals surface area contributed by atoms with Gasteiger partial charge in [0.2, 0.25) is 0 Å². The van der Waals surface area contributed by atoms with Crippen LogP contribution < -0.4 is 0 Å². The molecule has 0 fully saturated rings. The van der Waals surface area contributed by atoms with Crippen molar-refractivity contribution in [1.29, 1.82) is 0 Å². The van der Waals surface area contributed by atoms with Crippen LogP contribution >= 0.6 is 27.5 Å². The van der Waals surface area contributed by atoms with E-state index >= 15 is 0 Å². The quantitative estimate of drug-likeness (QED) is 0.670. The molecule has 0 aliphatic heterocycles. The zero-order valence-electron chi connectivity index (χ0n) is 5.40. The third-order valence-corrected chi connectivity index (χ3v) is 1.86. The van der Waals surface area contributed by atoms with Crippen molar-refractivity contribution in [2.75, 3.05) is 5.88 Å². The molecule has 53 valence electrons. The van der Waals surface area contributed by atoms with Gasteiger partial charge >= 0.3 is 0 Å². The molecule has 0 saturated carbocycles. The first-order valence-electron chi connectivity index (χ1n) is 3.05. The lowest BCUT2D eigenvalue weighted by Crippen LogP contribution is -1.84. The van der Waals surface area contributed by atoms with Crippen LogP contribution in [0, 0.1) is 6.07 Å². The predicted octanol–water partition coefficient (Wildman–Crippen LogP) is 3.03. The highest BCUT2D eigenvalue weighted by molar-refractivity contribution is 9.10. The number of halogens is 2. The molecule has 0 atom stereocenters. The van der Waals surface area contributed by atoms with Gasteiger partial charge in [-0.1, -0.05) is 28.1 Å². The predicted molar refractivity (Wildman–Crippen MR) is 47.4 cm³/mol. The van der Waals surface area contributed by atoms with Crippen molar-refractivity contribution >= 4 is 27.5 Å². The molecule has 0 nitrogen and oxygen atoms in total. The van der Waals surface area contributed by atoms with Crippen molar-refractivity contribution < 1.29 is 0 Å². The molecule has 0 aliphatic rings. The molecule has 0 aromatic heterocycles. The molecule has 0 N–H and O–H groups in total. The van der Waals surface area contributed by atoms with Crippen molar-refractivity contribution in [2.45, 2.75) is 6.42 Å². The molecule has 0 spiro atoms. The summed E-state index contributed by atoms with van der Waals surface area (Å²) in [7, 11) is 0. The van der Waals surface area contributed by atoms with Gasteiger partial charge < -0.3 is 0 Å². The minimum absolute atomic E-state index is 0.677. The van der Waals surface area contributed by atoms with Crippen LogP contribution in [0.3, 0.4) is 0 Å². The first-order valence-corrected chi connectivity index (χ1v) is 4.38. The number of alkyl halides is 1.